The highest BCUT2D eigenvalue weighted by atomic mass is 16.8. The third-order valence-electron chi connectivity index (χ3n) is 12.5. The molecule has 10 N–H and O–H groups in total. The van der Waals surface area contributed by atoms with Gasteiger partial charge in [0.25, 0.3) is 0 Å². The Morgan fingerprint density at radius 3 is 1.57 bits per heavy atom. The Bertz CT molecular complexity index is 1380. The molecule has 0 aliphatic carbocycles. The van der Waals surface area contributed by atoms with E-state index in [1.807, 2.05) is 0 Å². The van der Waals surface area contributed by atoms with Crippen molar-refractivity contribution >= 4 is 17.9 Å². The lowest BCUT2D eigenvalue weighted by atomic mass is 9.98. The number of carbonyl (C=O) groups is 3. The van der Waals surface area contributed by atoms with Crippen molar-refractivity contribution in [2.75, 3.05) is 19.8 Å². The second-order valence-electron chi connectivity index (χ2n) is 18.3. The lowest BCUT2D eigenvalue weighted by Gasteiger charge is -2.46. The molecule has 17 atom stereocenters. The van der Waals surface area contributed by atoms with E-state index in [1.54, 1.807) is 0 Å². The standard InChI is InChI=1S/C46H82O21/c1-4-5-15-19-29(20-18-23-31(50)30(49)21-16-13-11-9-7-6-8-10-12-14-17-22-32(51)43(58)59)64-45-41(36(54)33(52)24-61-45)67-46-42(37(55)34(53)25-62-46)66-44-39(57)38(56)40(63-28(3)48)35(65-44)26-60-27(2)47/h29-42,44-46,49-57H,4-26H2,1-3H3,(H,58,59). The maximum absolute atomic E-state index is 11.8. The van der Waals surface area contributed by atoms with E-state index >= 15 is 0 Å². The van der Waals surface area contributed by atoms with E-state index in [1.165, 1.54) is 0 Å². The third kappa shape index (κ3) is 21.0. The van der Waals surface area contributed by atoms with Crippen molar-refractivity contribution in [2.24, 2.45) is 0 Å². The van der Waals surface area contributed by atoms with E-state index < -0.39 is 135 Å². The Morgan fingerprint density at radius 2 is 1.03 bits per heavy atom. The van der Waals surface area contributed by atoms with Gasteiger partial charge in [-0.15, -0.1) is 0 Å². The zero-order chi connectivity index (χ0) is 49.5. The van der Waals surface area contributed by atoms with Crippen LogP contribution in [0.1, 0.15) is 149 Å². The summed E-state index contributed by atoms with van der Waals surface area (Å²) in [5.74, 6) is -2.71. The summed E-state index contributed by atoms with van der Waals surface area (Å²) in [6.07, 6.45) is -8.12. The van der Waals surface area contributed by atoms with Crippen LogP contribution < -0.4 is 0 Å². The van der Waals surface area contributed by atoms with E-state index in [-0.39, 0.29) is 6.61 Å². The minimum atomic E-state index is -1.91. The molecule has 0 radical (unpaired) electrons. The summed E-state index contributed by atoms with van der Waals surface area (Å²) in [6.45, 7) is 2.94. The largest absolute Gasteiger partial charge is 0.479 e. The topological polar surface area (TPSA) is 327 Å². The van der Waals surface area contributed by atoms with Crippen LogP contribution in [-0.4, -0.2) is 193 Å². The number of rotatable bonds is 33. The highest BCUT2D eigenvalue weighted by Crippen LogP contribution is 2.33. The van der Waals surface area contributed by atoms with Gasteiger partial charge in [0.2, 0.25) is 0 Å². The molecule has 3 heterocycles. The molecule has 0 aromatic carbocycles. The predicted octanol–water partition coefficient (Wildman–Crippen LogP) is 1.23. The second kappa shape index (κ2) is 31.9. The Hall–Kier alpha value is -2.19. The smallest absolute Gasteiger partial charge is 0.332 e. The van der Waals surface area contributed by atoms with Crippen LogP contribution in [-0.2, 0) is 52.3 Å². The van der Waals surface area contributed by atoms with Crippen molar-refractivity contribution in [2.45, 2.75) is 254 Å². The lowest BCUT2D eigenvalue weighted by molar-refractivity contribution is -0.380. The number of carbonyl (C=O) groups excluding carboxylic acids is 2. The van der Waals surface area contributed by atoms with Crippen molar-refractivity contribution in [1.82, 2.24) is 0 Å². The molecule has 0 aromatic heterocycles. The van der Waals surface area contributed by atoms with E-state index in [2.05, 4.69) is 6.92 Å². The minimum Gasteiger partial charge on any atom is -0.479 e. The van der Waals surface area contributed by atoms with Gasteiger partial charge in [-0.05, 0) is 38.5 Å². The summed E-state index contributed by atoms with van der Waals surface area (Å²) in [4.78, 5) is 34.1. The number of esters is 2. The SMILES string of the molecule is CCCCCC(CCCC(O)C(O)CCCCCCCCCCCCCC(O)C(=O)O)OC1OCC(O)C(O)C1OC1OCC(O)C(O)C1OC1OC(COC(C)=O)C(OC(C)=O)C(O)C1O. The van der Waals surface area contributed by atoms with Gasteiger partial charge in [-0.3, -0.25) is 9.59 Å². The van der Waals surface area contributed by atoms with Crippen molar-refractivity contribution in [3.63, 3.8) is 0 Å². The fourth-order valence-corrected chi connectivity index (χ4v) is 8.49. The van der Waals surface area contributed by atoms with Gasteiger partial charge >= 0.3 is 17.9 Å². The zero-order valence-corrected chi connectivity index (χ0v) is 39.5. The molecule has 0 bridgehead atoms. The molecule has 21 nitrogen and oxygen atoms in total. The van der Waals surface area contributed by atoms with Gasteiger partial charge < -0.3 is 89.0 Å². The average Bonchev–Trinajstić information content (AvgIpc) is 3.28. The first kappa shape index (κ1) is 59.1. The molecule has 392 valence electrons. The number of ether oxygens (including phenoxy) is 8. The molecule has 3 aliphatic heterocycles. The Morgan fingerprint density at radius 1 is 0.552 bits per heavy atom. The summed E-state index contributed by atoms with van der Waals surface area (Å²) < 4.78 is 45.9. The van der Waals surface area contributed by atoms with Crippen molar-refractivity contribution in [3.05, 3.63) is 0 Å². The van der Waals surface area contributed by atoms with Crippen molar-refractivity contribution in [3.8, 4) is 0 Å². The highest BCUT2D eigenvalue weighted by molar-refractivity contribution is 5.71. The molecule has 3 rings (SSSR count). The average molecular weight is 971 g/mol. The number of aliphatic hydroxyl groups excluding tert-OH is 9. The number of unbranched alkanes of at least 4 members (excludes halogenated alkanes) is 12. The monoisotopic (exact) mass is 971 g/mol. The fourth-order valence-electron chi connectivity index (χ4n) is 8.49. The number of hydrogen-bond donors (Lipinski definition) is 10. The molecule has 3 aliphatic rings. The van der Waals surface area contributed by atoms with Crippen molar-refractivity contribution in [1.29, 1.82) is 0 Å². The number of carboxylic acids is 1. The van der Waals surface area contributed by atoms with Crippen LogP contribution >= 0.6 is 0 Å². The normalized spacial score (nSPS) is 32.0. The highest BCUT2D eigenvalue weighted by Gasteiger charge is 2.52. The Labute approximate surface area is 393 Å². The summed E-state index contributed by atoms with van der Waals surface area (Å²) in [7, 11) is 0. The van der Waals surface area contributed by atoms with Crippen LogP contribution in [0, 0.1) is 0 Å². The summed E-state index contributed by atoms with van der Waals surface area (Å²) in [6, 6.07) is 0. The predicted molar refractivity (Wildman–Crippen MR) is 235 cm³/mol. The van der Waals surface area contributed by atoms with Gasteiger partial charge in [0.15, 0.2) is 31.1 Å². The van der Waals surface area contributed by atoms with E-state index in [0.29, 0.717) is 44.9 Å². The number of aliphatic hydroxyl groups is 9. The molecule has 67 heavy (non-hydrogen) atoms. The maximum atomic E-state index is 11.8. The van der Waals surface area contributed by atoms with Crippen LogP contribution in [0.15, 0.2) is 0 Å². The van der Waals surface area contributed by atoms with Crippen LogP contribution in [0.2, 0.25) is 0 Å². The van der Waals surface area contributed by atoms with Gasteiger partial charge in [0.05, 0.1) is 31.5 Å². The molecular weight excluding hydrogens is 888 g/mol. The Kier molecular flexibility index (Phi) is 28.2. The second-order valence-corrected chi connectivity index (χ2v) is 18.3. The molecule has 21 heteroatoms. The summed E-state index contributed by atoms with van der Waals surface area (Å²) in [5.41, 5.74) is 0. The number of hydrogen-bond acceptors (Lipinski definition) is 20. The van der Waals surface area contributed by atoms with Gasteiger partial charge in [-0.2, -0.15) is 0 Å². The molecule has 0 aromatic rings. The third-order valence-corrected chi connectivity index (χ3v) is 12.5. The lowest BCUT2D eigenvalue weighted by Crippen LogP contribution is -2.65. The van der Waals surface area contributed by atoms with Crippen LogP contribution in [0.3, 0.4) is 0 Å². The summed E-state index contributed by atoms with van der Waals surface area (Å²) >= 11 is 0. The maximum Gasteiger partial charge on any atom is 0.332 e. The van der Waals surface area contributed by atoms with Crippen LogP contribution in [0.4, 0.5) is 0 Å². The van der Waals surface area contributed by atoms with E-state index in [4.69, 9.17) is 43.0 Å². The molecule has 0 amide bonds. The molecule has 3 saturated heterocycles. The molecule has 0 spiro atoms. The van der Waals surface area contributed by atoms with Crippen LogP contribution in [0.25, 0.3) is 0 Å². The molecule has 0 saturated carbocycles. The van der Waals surface area contributed by atoms with Gasteiger partial charge in [-0.1, -0.05) is 96.8 Å². The first-order valence-corrected chi connectivity index (χ1v) is 24.5. The first-order valence-electron chi connectivity index (χ1n) is 24.5. The van der Waals surface area contributed by atoms with Crippen molar-refractivity contribution < 1.29 is 103 Å². The number of carboxylic acid groups (broad SMARTS) is 1. The molecule has 3 fully saturated rings. The van der Waals surface area contributed by atoms with E-state index in [0.717, 1.165) is 97.3 Å². The Balaban J connectivity index is 1.53. The van der Waals surface area contributed by atoms with Crippen LogP contribution in [0.5, 0.6) is 0 Å². The van der Waals surface area contributed by atoms with Gasteiger partial charge in [0.1, 0.15) is 61.5 Å². The van der Waals surface area contributed by atoms with Gasteiger partial charge in [-0.25, -0.2) is 4.79 Å². The molecule has 17 unspecified atom stereocenters. The van der Waals surface area contributed by atoms with E-state index in [9.17, 15) is 60.3 Å². The quantitative estimate of drug-likeness (QED) is 0.0327. The van der Waals surface area contributed by atoms with Gasteiger partial charge in [0, 0.05) is 13.8 Å². The summed E-state index contributed by atoms with van der Waals surface area (Å²) in [5, 5.41) is 105. The minimum absolute atomic E-state index is 0.291. The first-order chi connectivity index (χ1) is 31.9. The number of aliphatic carboxylic acids is 1. The fraction of sp³-hybridized carbons (Fsp3) is 0.935. The zero-order valence-electron chi connectivity index (χ0n) is 39.5. The molecular formula is C46H82O21.